The van der Waals surface area contributed by atoms with E-state index in [1.54, 1.807) is 36.5 Å². The highest BCUT2D eigenvalue weighted by Gasteiger charge is 2.13. The minimum Gasteiger partial charge on any atom is -0.507 e. The Labute approximate surface area is 150 Å². The van der Waals surface area contributed by atoms with Gasteiger partial charge in [-0.15, -0.1) is 0 Å². The van der Waals surface area contributed by atoms with E-state index in [0.29, 0.717) is 11.3 Å². The van der Waals surface area contributed by atoms with Gasteiger partial charge in [-0.3, -0.25) is 4.79 Å². The number of rotatable bonds is 5. The first-order chi connectivity index (χ1) is 12.5. The molecule has 0 aliphatic rings. The Balaban J connectivity index is 1.74. The monoisotopic (exact) mass is 352 g/mol. The molecule has 132 valence electrons. The van der Waals surface area contributed by atoms with Gasteiger partial charge >= 0.3 is 0 Å². The number of ether oxygens (including phenoxy) is 1. The van der Waals surface area contributed by atoms with Gasteiger partial charge in [-0.2, -0.15) is 0 Å². The maximum atomic E-state index is 13.3. The van der Waals surface area contributed by atoms with Gasteiger partial charge in [0.05, 0.1) is 5.56 Å². The Bertz CT molecular complexity index is 944. The molecule has 2 N–H and O–H groups in total. The van der Waals surface area contributed by atoms with Gasteiger partial charge in [0.2, 0.25) is 5.88 Å². The highest BCUT2D eigenvalue weighted by atomic mass is 19.1. The minimum absolute atomic E-state index is 0.0875. The molecule has 1 aromatic heterocycles. The number of hydrogen-bond acceptors (Lipinski definition) is 4. The lowest BCUT2D eigenvalue weighted by atomic mass is 10.1. The zero-order valence-corrected chi connectivity index (χ0v) is 14.1. The van der Waals surface area contributed by atoms with Crippen LogP contribution in [-0.4, -0.2) is 16.0 Å². The fraction of sp³-hybridized carbons (Fsp3) is 0.100. The van der Waals surface area contributed by atoms with Crippen molar-refractivity contribution in [3.05, 3.63) is 83.3 Å². The molecule has 0 saturated heterocycles. The quantitative estimate of drug-likeness (QED) is 0.729. The van der Waals surface area contributed by atoms with Gasteiger partial charge in [0.15, 0.2) is 0 Å². The number of carbonyl (C=O) groups excluding carboxylic acids is 1. The molecule has 0 unspecified atom stereocenters. The number of carbonyl (C=O) groups is 1. The van der Waals surface area contributed by atoms with E-state index in [0.717, 1.165) is 5.56 Å². The Kier molecular flexibility index (Phi) is 5.12. The lowest BCUT2D eigenvalue weighted by Crippen LogP contribution is -2.23. The first kappa shape index (κ1) is 17.4. The molecule has 0 saturated carbocycles. The third-order valence-electron chi connectivity index (χ3n) is 3.70. The first-order valence-electron chi connectivity index (χ1n) is 7.98. The third kappa shape index (κ3) is 4.16. The molecule has 6 heteroatoms. The second-order valence-corrected chi connectivity index (χ2v) is 5.73. The predicted molar refractivity (Wildman–Crippen MR) is 94.7 cm³/mol. The number of nitrogens with zero attached hydrogens (tertiary/aromatic N) is 1. The Morgan fingerprint density at radius 3 is 2.85 bits per heavy atom. The molecule has 2 aromatic carbocycles. The number of aryl methyl sites for hydroxylation is 1. The standard InChI is InChI=1S/C20H17FN2O3/c1-13-7-8-18(24)17(10-13)19(25)23-12-14-4-3-9-22-20(14)26-16-6-2-5-15(21)11-16/h2-11,24H,12H2,1H3,(H,23,25). The fourth-order valence-corrected chi connectivity index (χ4v) is 2.40. The van der Waals surface area contributed by atoms with Crippen molar-refractivity contribution in [1.82, 2.24) is 10.3 Å². The summed E-state index contributed by atoms with van der Waals surface area (Å²) in [7, 11) is 0. The van der Waals surface area contributed by atoms with E-state index < -0.39 is 11.7 Å². The topological polar surface area (TPSA) is 71.5 Å². The van der Waals surface area contributed by atoms with E-state index in [9.17, 15) is 14.3 Å². The van der Waals surface area contributed by atoms with E-state index in [-0.39, 0.29) is 23.7 Å². The SMILES string of the molecule is Cc1ccc(O)c(C(=O)NCc2cccnc2Oc2cccc(F)c2)c1. The molecular formula is C20H17FN2O3. The molecule has 3 aromatic rings. The number of aromatic nitrogens is 1. The zero-order chi connectivity index (χ0) is 18.5. The third-order valence-corrected chi connectivity index (χ3v) is 3.70. The number of amides is 1. The summed E-state index contributed by atoms with van der Waals surface area (Å²) in [4.78, 5) is 16.5. The lowest BCUT2D eigenvalue weighted by Gasteiger charge is -2.11. The van der Waals surface area contributed by atoms with Crippen molar-refractivity contribution < 1.29 is 19.0 Å². The van der Waals surface area contributed by atoms with Crippen LogP contribution >= 0.6 is 0 Å². The average molecular weight is 352 g/mol. The lowest BCUT2D eigenvalue weighted by molar-refractivity contribution is 0.0948. The average Bonchev–Trinajstić information content (AvgIpc) is 2.63. The summed E-state index contributed by atoms with van der Waals surface area (Å²) in [6.07, 6.45) is 1.55. The molecule has 0 aliphatic carbocycles. The van der Waals surface area contributed by atoms with Crippen LogP contribution in [0.2, 0.25) is 0 Å². The molecule has 26 heavy (non-hydrogen) atoms. The van der Waals surface area contributed by atoms with Crippen LogP contribution in [0.3, 0.4) is 0 Å². The van der Waals surface area contributed by atoms with Gasteiger partial charge in [-0.25, -0.2) is 9.37 Å². The summed E-state index contributed by atoms with van der Waals surface area (Å²) in [5.41, 5.74) is 1.68. The van der Waals surface area contributed by atoms with Crippen LogP contribution in [0.4, 0.5) is 4.39 Å². The van der Waals surface area contributed by atoms with Crippen LogP contribution in [0.5, 0.6) is 17.4 Å². The Morgan fingerprint density at radius 1 is 1.19 bits per heavy atom. The Hall–Kier alpha value is -3.41. The maximum Gasteiger partial charge on any atom is 0.255 e. The van der Waals surface area contributed by atoms with Crippen LogP contribution in [0, 0.1) is 12.7 Å². The number of aromatic hydroxyl groups is 1. The predicted octanol–water partition coefficient (Wildman–Crippen LogP) is 3.96. The summed E-state index contributed by atoms with van der Waals surface area (Å²) in [6.45, 7) is 1.98. The van der Waals surface area contributed by atoms with Crippen LogP contribution < -0.4 is 10.1 Å². The molecule has 1 heterocycles. The smallest absolute Gasteiger partial charge is 0.255 e. The van der Waals surface area contributed by atoms with Crippen LogP contribution in [0.1, 0.15) is 21.5 Å². The largest absolute Gasteiger partial charge is 0.507 e. The highest BCUT2D eigenvalue weighted by Crippen LogP contribution is 2.24. The summed E-state index contributed by atoms with van der Waals surface area (Å²) < 4.78 is 18.9. The number of hydrogen-bond donors (Lipinski definition) is 2. The van der Waals surface area contributed by atoms with Gasteiger partial charge in [0.25, 0.3) is 5.91 Å². The molecule has 0 aliphatic heterocycles. The van der Waals surface area contributed by atoms with E-state index in [2.05, 4.69) is 10.3 Å². The first-order valence-corrected chi connectivity index (χ1v) is 7.98. The second kappa shape index (κ2) is 7.65. The van der Waals surface area contributed by atoms with Gasteiger partial charge < -0.3 is 15.2 Å². The van der Waals surface area contributed by atoms with Gasteiger partial charge in [-0.1, -0.05) is 23.8 Å². The fourth-order valence-electron chi connectivity index (χ4n) is 2.40. The van der Waals surface area contributed by atoms with Crippen molar-refractivity contribution in [3.8, 4) is 17.4 Å². The van der Waals surface area contributed by atoms with Crippen LogP contribution in [-0.2, 0) is 6.54 Å². The van der Waals surface area contributed by atoms with Crippen LogP contribution in [0.15, 0.2) is 60.8 Å². The molecule has 5 nitrogen and oxygen atoms in total. The highest BCUT2D eigenvalue weighted by molar-refractivity contribution is 5.96. The van der Waals surface area contributed by atoms with Crippen molar-refractivity contribution in [1.29, 1.82) is 0 Å². The minimum atomic E-state index is -0.414. The second-order valence-electron chi connectivity index (χ2n) is 5.73. The molecule has 0 bridgehead atoms. The van der Waals surface area contributed by atoms with E-state index in [4.69, 9.17) is 4.74 Å². The number of phenols is 1. The molecule has 0 fully saturated rings. The van der Waals surface area contributed by atoms with Gasteiger partial charge in [0, 0.05) is 24.4 Å². The van der Waals surface area contributed by atoms with E-state index in [1.807, 2.05) is 6.92 Å². The molecule has 1 amide bonds. The molecular weight excluding hydrogens is 335 g/mol. The normalized spacial score (nSPS) is 10.4. The molecule has 0 spiro atoms. The zero-order valence-electron chi connectivity index (χ0n) is 14.1. The van der Waals surface area contributed by atoms with Crippen molar-refractivity contribution in [2.45, 2.75) is 13.5 Å². The number of benzene rings is 2. The van der Waals surface area contributed by atoms with Gasteiger partial charge in [0.1, 0.15) is 17.3 Å². The number of pyridine rings is 1. The number of phenolic OH excluding ortho intramolecular Hbond substituents is 1. The van der Waals surface area contributed by atoms with Crippen molar-refractivity contribution in [3.63, 3.8) is 0 Å². The maximum absolute atomic E-state index is 13.3. The molecule has 3 rings (SSSR count). The van der Waals surface area contributed by atoms with Gasteiger partial charge in [-0.05, 0) is 37.3 Å². The molecule has 0 radical (unpaired) electrons. The molecule has 0 atom stereocenters. The summed E-state index contributed by atoms with van der Waals surface area (Å²) in [5.74, 6) is -0.329. The number of halogens is 1. The van der Waals surface area contributed by atoms with Crippen molar-refractivity contribution in [2.75, 3.05) is 0 Å². The summed E-state index contributed by atoms with van der Waals surface area (Å²) in [6, 6.07) is 14.0. The van der Waals surface area contributed by atoms with Crippen LogP contribution in [0.25, 0.3) is 0 Å². The van der Waals surface area contributed by atoms with E-state index in [1.165, 1.54) is 24.3 Å². The summed E-state index contributed by atoms with van der Waals surface area (Å²) >= 11 is 0. The number of nitrogens with one attached hydrogen (secondary N) is 1. The van der Waals surface area contributed by atoms with E-state index >= 15 is 0 Å². The van der Waals surface area contributed by atoms with Crippen molar-refractivity contribution >= 4 is 5.91 Å². The Morgan fingerprint density at radius 2 is 2.04 bits per heavy atom. The van der Waals surface area contributed by atoms with Crippen molar-refractivity contribution in [2.24, 2.45) is 0 Å². The summed E-state index contributed by atoms with van der Waals surface area (Å²) in [5, 5.41) is 12.6.